The molecule has 0 unspecified atom stereocenters. The smallest absolute Gasteiger partial charge is 0.132 e. The van der Waals surface area contributed by atoms with Gasteiger partial charge in [0.05, 0.1) is 0 Å². The van der Waals surface area contributed by atoms with Gasteiger partial charge in [-0.3, -0.25) is 4.98 Å². The molecule has 1 atom stereocenters. The predicted molar refractivity (Wildman–Crippen MR) is 125 cm³/mol. The average molecular weight is 401 g/mol. The van der Waals surface area contributed by atoms with Gasteiger partial charge in [-0.1, -0.05) is 37.8 Å². The molecule has 30 heavy (non-hydrogen) atoms. The lowest BCUT2D eigenvalue weighted by molar-refractivity contribution is 0.187. The molecular formula is C26H32N4. The van der Waals surface area contributed by atoms with Crippen LogP contribution in [0.5, 0.6) is 0 Å². The van der Waals surface area contributed by atoms with E-state index in [2.05, 4.69) is 60.1 Å². The fourth-order valence-corrected chi connectivity index (χ4v) is 5.32. The number of hydrogen-bond donors (Lipinski definition) is 1. The van der Waals surface area contributed by atoms with Crippen LogP contribution in [0.2, 0.25) is 0 Å². The lowest BCUT2D eigenvalue weighted by Gasteiger charge is -2.43. The molecule has 1 aliphatic heterocycles. The topological polar surface area (TPSA) is 55.0 Å². The SMILES string of the molecule is C.Cc1cc(-c2cccnc2)c(C)c(N2CCC3(CC2)Cc2ccccc2[C@H]3N)n1. The van der Waals surface area contributed by atoms with Gasteiger partial charge in [-0.25, -0.2) is 4.98 Å². The fourth-order valence-electron chi connectivity index (χ4n) is 5.32. The van der Waals surface area contributed by atoms with Crippen molar-refractivity contribution >= 4 is 5.82 Å². The molecule has 1 fully saturated rings. The molecule has 0 bridgehead atoms. The molecule has 1 aromatic carbocycles. The first-order valence-corrected chi connectivity index (χ1v) is 10.5. The minimum Gasteiger partial charge on any atom is -0.356 e. The van der Waals surface area contributed by atoms with Gasteiger partial charge in [0.15, 0.2) is 0 Å². The molecule has 0 saturated carbocycles. The molecule has 1 spiro atoms. The Morgan fingerprint density at radius 3 is 2.53 bits per heavy atom. The van der Waals surface area contributed by atoms with Gasteiger partial charge < -0.3 is 10.6 Å². The molecular weight excluding hydrogens is 368 g/mol. The van der Waals surface area contributed by atoms with Crippen LogP contribution in [0.15, 0.2) is 54.9 Å². The summed E-state index contributed by atoms with van der Waals surface area (Å²) in [6.45, 7) is 6.28. The molecule has 0 radical (unpaired) electrons. The molecule has 3 heterocycles. The highest BCUT2D eigenvalue weighted by Crippen LogP contribution is 2.51. The fraction of sp³-hybridized carbons (Fsp3) is 0.385. The second-order valence-corrected chi connectivity index (χ2v) is 8.70. The third-order valence-corrected chi connectivity index (χ3v) is 7.00. The zero-order valence-electron chi connectivity index (χ0n) is 17.2. The molecule has 1 aliphatic carbocycles. The first-order valence-electron chi connectivity index (χ1n) is 10.5. The van der Waals surface area contributed by atoms with Gasteiger partial charge in [0.25, 0.3) is 0 Å². The Morgan fingerprint density at radius 2 is 1.83 bits per heavy atom. The van der Waals surface area contributed by atoms with Crippen molar-refractivity contribution in [3.63, 3.8) is 0 Å². The van der Waals surface area contributed by atoms with E-state index < -0.39 is 0 Å². The van der Waals surface area contributed by atoms with E-state index in [0.29, 0.717) is 0 Å². The highest BCUT2D eigenvalue weighted by molar-refractivity contribution is 5.72. The van der Waals surface area contributed by atoms with Gasteiger partial charge in [0, 0.05) is 42.8 Å². The molecule has 4 heteroatoms. The number of aryl methyl sites for hydroxylation is 1. The summed E-state index contributed by atoms with van der Waals surface area (Å²) in [4.78, 5) is 11.7. The van der Waals surface area contributed by atoms with Gasteiger partial charge in [-0.05, 0) is 72.9 Å². The summed E-state index contributed by atoms with van der Waals surface area (Å²) in [7, 11) is 0. The summed E-state index contributed by atoms with van der Waals surface area (Å²) >= 11 is 0. The average Bonchev–Trinajstić information content (AvgIpc) is 3.02. The van der Waals surface area contributed by atoms with Crippen LogP contribution in [0.4, 0.5) is 5.82 Å². The summed E-state index contributed by atoms with van der Waals surface area (Å²) in [6.07, 6.45) is 7.09. The first-order chi connectivity index (χ1) is 14.1. The maximum absolute atomic E-state index is 6.75. The van der Waals surface area contributed by atoms with E-state index in [-0.39, 0.29) is 18.9 Å². The van der Waals surface area contributed by atoms with Crippen LogP contribution in [0.1, 0.15) is 48.7 Å². The number of hydrogen-bond acceptors (Lipinski definition) is 4. The van der Waals surface area contributed by atoms with Crippen LogP contribution in [0, 0.1) is 19.3 Å². The zero-order chi connectivity index (χ0) is 20.0. The Kier molecular flexibility index (Phi) is 5.37. The maximum Gasteiger partial charge on any atom is 0.132 e. The Balaban J connectivity index is 0.00000218. The van der Waals surface area contributed by atoms with E-state index >= 15 is 0 Å². The Bertz CT molecular complexity index is 1040. The van der Waals surface area contributed by atoms with Crippen molar-refractivity contribution in [2.24, 2.45) is 11.1 Å². The molecule has 4 nitrogen and oxygen atoms in total. The summed E-state index contributed by atoms with van der Waals surface area (Å²) in [6, 6.07) is 15.2. The van der Waals surface area contributed by atoms with E-state index in [4.69, 9.17) is 10.7 Å². The second kappa shape index (κ2) is 7.84. The molecule has 2 N–H and O–H groups in total. The van der Waals surface area contributed by atoms with Gasteiger partial charge >= 0.3 is 0 Å². The number of aromatic nitrogens is 2. The highest BCUT2D eigenvalue weighted by Gasteiger charge is 2.46. The minimum atomic E-state index is 0. The van der Waals surface area contributed by atoms with Crippen molar-refractivity contribution in [3.8, 4) is 11.1 Å². The van der Waals surface area contributed by atoms with Crippen LogP contribution in [0.25, 0.3) is 11.1 Å². The number of anilines is 1. The predicted octanol–water partition coefficient (Wildman–Crippen LogP) is 5.24. The van der Waals surface area contributed by atoms with Crippen LogP contribution in [-0.4, -0.2) is 23.1 Å². The summed E-state index contributed by atoms with van der Waals surface area (Å²) in [5.41, 5.74) is 14.4. The van der Waals surface area contributed by atoms with Gasteiger partial charge in [0.2, 0.25) is 0 Å². The molecule has 2 aromatic heterocycles. The van der Waals surface area contributed by atoms with Crippen molar-refractivity contribution in [1.29, 1.82) is 0 Å². The Morgan fingerprint density at radius 1 is 1.07 bits per heavy atom. The summed E-state index contributed by atoms with van der Waals surface area (Å²) in [5.74, 6) is 1.11. The van der Waals surface area contributed by atoms with Crippen molar-refractivity contribution in [1.82, 2.24) is 9.97 Å². The number of piperidine rings is 1. The van der Waals surface area contributed by atoms with E-state index in [9.17, 15) is 0 Å². The summed E-state index contributed by atoms with van der Waals surface area (Å²) in [5, 5.41) is 0. The molecule has 0 amide bonds. The van der Waals surface area contributed by atoms with E-state index in [1.165, 1.54) is 22.3 Å². The zero-order valence-corrected chi connectivity index (χ0v) is 17.2. The van der Waals surface area contributed by atoms with Gasteiger partial charge in [0.1, 0.15) is 5.82 Å². The van der Waals surface area contributed by atoms with E-state index in [0.717, 1.165) is 49.4 Å². The normalized spacial score (nSPS) is 19.4. The van der Waals surface area contributed by atoms with Crippen LogP contribution in [0.3, 0.4) is 0 Å². The largest absolute Gasteiger partial charge is 0.356 e. The monoisotopic (exact) mass is 400 g/mol. The maximum atomic E-state index is 6.75. The van der Waals surface area contributed by atoms with Crippen LogP contribution >= 0.6 is 0 Å². The Labute approximate surface area is 180 Å². The number of rotatable bonds is 2. The second-order valence-electron chi connectivity index (χ2n) is 8.70. The third-order valence-electron chi connectivity index (χ3n) is 7.00. The first kappa shape index (κ1) is 20.5. The molecule has 2 aliphatic rings. The lowest BCUT2D eigenvalue weighted by Crippen LogP contribution is -2.44. The van der Waals surface area contributed by atoms with Gasteiger partial charge in [-0.2, -0.15) is 0 Å². The van der Waals surface area contributed by atoms with Crippen molar-refractivity contribution in [2.75, 3.05) is 18.0 Å². The lowest BCUT2D eigenvalue weighted by atomic mass is 9.73. The minimum absolute atomic E-state index is 0. The number of pyridine rings is 2. The number of fused-ring (bicyclic) bond motifs is 1. The van der Waals surface area contributed by atoms with Gasteiger partial charge in [-0.15, -0.1) is 0 Å². The molecule has 3 aromatic rings. The number of nitrogens with zero attached hydrogens (tertiary/aromatic N) is 3. The van der Waals surface area contributed by atoms with E-state index in [1.807, 2.05) is 18.5 Å². The number of nitrogens with two attached hydrogens (primary N) is 1. The number of benzene rings is 1. The molecule has 5 rings (SSSR count). The summed E-state index contributed by atoms with van der Waals surface area (Å²) < 4.78 is 0. The van der Waals surface area contributed by atoms with Crippen molar-refractivity contribution < 1.29 is 0 Å². The standard InChI is InChI=1S/C25H28N4.CH4/c1-17-14-22(20-7-5-11-27-16-20)18(2)24(28-17)29-12-9-25(10-13-29)15-19-6-3-4-8-21(19)23(25)26;/h3-8,11,14,16,23H,9-10,12-13,15,26H2,1-2H3;1H4/t23-;/m1./s1. The molecule has 156 valence electrons. The third kappa shape index (κ3) is 3.29. The Hall–Kier alpha value is -2.72. The van der Waals surface area contributed by atoms with Crippen LogP contribution < -0.4 is 10.6 Å². The van der Waals surface area contributed by atoms with Crippen LogP contribution in [-0.2, 0) is 6.42 Å². The quantitative estimate of drug-likeness (QED) is 0.639. The highest BCUT2D eigenvalue weighted by atomic mass is 15.2. The van der Waals surface area contributed by atoms with Crippen molar-refractivity contribution in [3.05, 3.63) is 77.2 Å². The van der Waals surface area contributed by atoms with Crippen molar-refractivity contribution in [2.45, 2.75) is 46.6 Å². The molecule has 1 saturated heterocycles. The van der Waals surface area contributed by atoms with E-state index in [1.54, 1.807) is 0 Å².